The molecule has 1 saturated heterocycles. The lowest BCUT2D eigenvalue weighted by molar-refractivity contribution is -0.141. The van der Waals surface area contributed by atoms with Gasteiger partial charge in [0.2, 0.25) is 0 Å². The fraction of sp³-hybridized carbons (Fsp3) is 0.286. The summed E-state index contributed by atoms with van der Waals surface area (Å²) in [5, 5.41) is 16.6. The number of para-hydroxylation sites is 1. The van der Waals surface area contributed by atoms with Crippen LogP contribution in [-0.4, -0.2) is 27.4 Å². The molecule has 0 bridgehead atoms. The van der Waals surface area contributed by atoms with Crippen LogP contribution in [0.2, 0.25) is 0 Å². The molecule has 1 aromatic carbocycles. The number of hydrogen-bond acceptors (Lipinski definition) is 3. The molecule has 5 nitrogen and oxygen atoms in total. The third kappa shape index (κ3) is 2.24. The van der Waals surface area contributed by atoms with Gasteiger partial charge in [0.15, 0.2) is 0 Å². The van der Waals surface area contributed by atoms with Crippen molar-refractivity contribution >= 4 is 5.97 Å². The molecule has 0 radical (unpaired) electrons. The molecule has 1 aromatic heterocycles. The zero-order chi connectivity index (χ0) is 13.2. The van der Waals surface area contributed by atoms with Gasteiger partial charge in [-0.25, -0.2) is 4.68 Å². The lowest BCUT2D eigenvalue weighted by atomic mass is 9.99. The van der Waals surface area contributed by atoms with Crippen LogP contribution >= 0.6 is 0 Å². The van der Waals surface area contributed by atoms with E-state index < -0.39 is 5.97 Å². The number of nitrogens with one attached hydrogen (secondary N) is 1. The first kappa shape index (κ1) is 11.9. The minimum atomic E-state index is -0.730. The summed E-state index contributed by atoms with van der Waals surface area (Å²) in [6, 6.07) is 9.90. The SMILES string of the molecule is O=C(O)C1CNC(c2ccccc2-n2cccn2)C1. The topological polar surface area (TPSA) is 67.2 Å². The molecule has 0 saturated carbocycles. The number of carbonyl (C=O) groups is 1. The van der Waals surface area contributed by atoms with Crippen molar-refractivity contribution in [2.75, 3.05) is 6.54 Å². The number of aliphatic carboxylic acids is 1. The highest BCUT2D eigenvalue weighted by Crippen LogP contribution is 2.30. The standard InChI is InChI=1S/C14H15N3O2/c18-14(19)10-8-12(15-9-10)11-4-1-2-5-13(11)17-7-3-6-16-17/h1-7,10,12,15H,8-9H2,(H,18,19). The van der Waals surface area contributed by atoms with E-state index in [4.69, 9.17) is 5.11 Å². The second kappa shape index (κ2) is 4.85. The summed E-state index contributed by atoms with van der Waals surface area (Å²) in [6.07, 6.45) is 4.25. The average molecular weight is 257 g/mol. The van der Waals surface area contributed by atoms with E-state index in [2.05, 4.69) is 10.4 Å². The van der Waals surface area contributed by atoms with Gasteiger partial charge in [-0.15, -0.1) is 0 Å². The molecule has 2 aromatic rings. The fourth-order valence-electron chi connectivity index (χ4n) is 2.56. The Morgan fingerprint density at radius 3 is 2.89 bits per heavy atom. The van der Waals surface area contributed by atoms with Crippen molar-refractivity contribution in [2.45, 2.75) is 12.5 Å². The first-order valence-electron chi connectivity index (χ1n) is 6.31. The van der Waals surface area contributed by atoms with Crippen LogP contribution in [0.5, 0.6) is 0 Å². The van der Waals surface area contributed by atoms with Crippen LogP contribution in [0.4, 0.5) is 0 Å². The van der Waals surface area contributed by atoms with E-state index in [-0.39, 0.29) is 12.0 Å². The molecule has 5 heteroatoms. The quantitative estimate of drug-likeness (QED) is 0.876. The Balaban J connectivity index is 1.92. The van der Waals surface area contributed by atoms with Crippen LogP contribution in [0, 0.1) is 5.92 Å². The zero-order valence-electron chi connectivity index (χ0n) is 10.4. The van der Waals surface area contributed by atoms with Gasteiger partial charge in [-0.05, 0) is 24.1 Å². The summed E-state index contributed by atoms with van der Waals surface area (Å²) >= 11 is 0. The molecule has 2 atom stereocenters. The van der Waals surface area contributed by atoms with E-state index >= 15 is 0 Å². The maximum absolute atomic E-state index is 11.0. The molecule has 3 rings (SSSR count). The van der Waals surface area contributed by atoms with Crippen molar-refractivity contribution in [3.05, 3.63) is 48.3 Å². The summed E-state index contributed by atoms with van der Waals surface area (Å²) < 4.78 is 1.81. The second-order valence-corrected chi connectivity index (χ2v) is 4.74. The minimum Gasteiger partial charge on any atom is -0.481 e. The van der Waals surface area contributed by atoms with Gasteiger partial charge in [0.05, 0.1) is 11.6 Å². The lowest BCUT2D eigenvalue weighted by Crippen LogP contribution is -2.18. The van der Waals surface area contributed by atoms with E-state index in [1.54, 1.807) is 6.20 Å². The minimum absolute atomic E-state index is 0.0708. The summed E-state index contributed by atoms with van der Waals surface area (Å²) in [4.78, 5) is 11.0. The molecular weight excluding hydrogens is 242 g/mol. The third-order valence-electron chi connectivity index (χ3n) is 3.54. The molecule has 19 heavy (non-hydrogen) atoms. The van der Waals surface area contributed by atoms with Gasteiger partial charge < -0.3 is 10.4 Å². The summed E-state index contributed by atoms with van der Waals surface area (Å²) in [5.74, 6) is -1.04. The number of benzene rings is 1. The van der Waals surface area contributed by atoms with Crippen LogP contribution in [0.1, 0.15) is 18.0 Å². The van der Waals surface area contributed by atoms with Crippen LogP contribution in [0.3, 0.4) is 0 Å². The Hall–Kier alpha value is -2.14. The van der Waals surface area contributed by atoms with Crippen molar-refractivity contribution in [3.63, 3.8) is 0 Å². The van der Waals surface area contributed by atoms with Crippen molar-refractivity contribution < 1.29 is 9.90 Å². The molecule has 1 aliphatic heterocycles. The highest BCUT2D eigenvalue weighted by atomic mass is 16.4. The number of carboxylic acids is 1. The Labute approximate surface area is 110 Å². The fourth-order valence-corrected chi connectivity index (χ4v) is 2.56. The predicted octanol–water partition coefficient (Wildman–Crippen LogP) is 1.61. The number of hydrogen-bond donors (Lipinski definition) is 2. The van der Waals surface area contributed by atoms with Gasteiger partial charge in [-0.1, -0.05) is 18.2 Å². The Kier molecular flexibility index (Phi) is 3.05. The van der Waals surface area contributed by atoms with Gasteiger partial charge in [0.25, 0.3) is 0 Å². The van der Waals surface area contributed by atoms with Crippen molar-refractivity contribution in [3.8, 4) is 5.69 Å². The normalized spacial score (nSPS) is 22.5. The smallest absolute Gasteiger partial charge is 0.307 e. The molecule has 2 unspecified atom stereocenters. The predicted molar refractivity (Wildman–Crippen MR) is 70.1 cm³/mol. The van der Waals surface area contributed by atoms with Gasteiger partial charge in [-0.2, -0.15) is 5.10 Å². The molecule has 2 N–H and O–H groups in total. The van der Waals surface area contributed by atoms with Crippen LogP contribution < -0.4 is 5.32 Å². The first-order chi connectivity index (χ1) is 9.25. The van der Waals surface area contributed by atoms with Crippen molar-refractivity contribution in [1.29, 1.82) is 0 Å². The summed E-state index contributed by atoms with van der Waals surface area (Å²) in [6.45, 7) is 0.521. The molecule has 0 aliphatic carbocycles. The summed E-state index contributed by atoms with van der Waals surface area (Å²) in [7, 11) is 0. The number of nitrogens with zero attached hydrogens (tertiary/aromatic N) is 2. The highest BCUT2D eigenvalue weighted by molar-refractivity contribution is 5.71. The molecule has 98 valence electrons. The highest BCUT2D eigenvalue weighted by Gasteiger charge is 2.31. The molecular formula is C14H15N3O2. The molecule has 0 spiro atoms. The second-order valence-electron chi connectivity index (χ2n) is 4.74. The van der Waals surface area contributed by atoms with Crippen molar-refractivity contribution in [1.82, 2.24) is 15.1 Å². The van der Waals surface area contributed by atoms with E-state index in [0.29, 0.717) is 13.0 Å². The van der Waals surface area contributed by atoms with E-state index in [1.165, 1.54) is 0 Å². The number of rotatable bonds is 3. The third-order valence-corrected chi connectivity index (χ3v) is 3.54. The van der Waals surface area contributed by atoms with Gasteiger partial charge in [-0.3, -0.25) is 4.79 Å². The van der Waals surface area contributed by atoms with Crippen molar-refractivity contribution in [2.24, 2.45) is 5.92 Å². The van der Waals surface area contributed by atoms with Crippen LogP contribution in [0.15, 0.2) is 42.7 Å². The molecule has 0 amide bonds. The zero-order valence-corrected chi connectivity index (χ0v) is 10.4. The molecule has 1 fully saturated rings. The van der Waals surface area contributed by atoms with Gasteiger partial charge >= 0.3 is 5.97 Å². The summed E-state index contributed by atoms with van der Waals surface area (Å²) in [5.41, 5.74) is 2.09. The Morgan fingerprint density at radius 2 is 2.21 bits per heavy atom. The van der Waals surface area contributed by atoms with Gasteiger partial charge in [0.1, 0.15) is 0 Å². The number of carboxylic acid groups (broad SMARTS) is 1. The van der Waals surface area contributed by atoms with Crippen LogP contribution in [-0.2, 0) is 4.79 Å². The van der Waals surface area contributed by atoms with E-state index in [9.17, 15) is 4.79 Å². The Morgan fingerprint density at radius 1 is 1.37 bits per heavy atom. The lowest BCUT2D eigenvalue weighted by Gasteiger charge is -2.15. The Bertz CT molecular complexity index is 580. The maximum Gasteiger partial charge on any atom is 0.307 e. The number of aromatic nitrogens is 2. The van der Waals surface area contributed by atoms with Crippen LogP contribution in [0.25, 0.3) is 5.69 Å². The van der Waals surface area contributed by atoms with E-state index in [0.717, 1.165) is 11.3 Å². The molecule has 2 heterocycles. The average Bonchev–Trinajstić information content (AvgIpc) is 3.10. The van der Waals surface area contributed by atoms with Gasteiger partial charge in [0, 0.05) is 25.0 Å². The van der Waals surface area contributed by atoms with E-state index in [1.807, 2.05) is 41.2 Å². The monoisotopic (exact) mass is 257 g/mol. The maximum atomic E-state index is 11.0. The molecule has 1 aliphatic rings. The largest absolute Gasteiger partial charge is 0.481 e. The first-order valence-corrected chi connectivity index (χ1v) is 6.31.